The predicted octanol–water partition coefficient (Wildman–Crippen LogP) is 5.26. The van der Waals surface area contributed by atoms with E-state index in [4.69, 9.17) is 16.0 Å². The van der Waals surface area contributed by atoms with Crippen LogP contribution < -0.4 is 0 Å². The lowest BCUT2D eigenvalue weighted by atomic mass is 10.1. The van der Waals surface area contributed by atoms with Gasteiger partial charge in [0.15, 0.2) is 0 Å². The summed E-state index contributed by atoms with van der Waals surface area (Å²) in [6.45, 7) is 1.28. The molecule has 0 saturated heterocycles. The van der Waals surface area contributed by atoms with Gasteiger partial charge in [-0.3, -0.25) is 10.1 Å². The summed E-state index contributed by atoms with van der Waals surface area (Å²) in [5, 5.41) is 10.1. The largest absolute Gasteiger partial charge is 0.456 e. The van der Waals surface area contributed by atoms with Crippen LogP contribution in [0.3, 0.4) is 0 Å². The highest BCUT2D eigenvalue weighted by atomic mass is 35.5. The maximum atomic E-state index is 12.8. The van der Waals surface area contributed by atoms with Gasteiger partial charge in [0.25, 0.3) is 0 Å². The van der Waals surface area contributed by atoms with E-state index in [9.17, 15) is 23.3 Å². The van der Waals surface area contributed by atoms with Gasteiger partial charge in [0, 0.05) is 12.5 Å². The number of benzene rings is 1. The molecule has 0 fully saturated rings. The first-order valence-corrected chi connectivity index (χ1v) is 6.36. The Balaban J connectivity index is 2.40. The first-order chi connectivity index (χ1) is 10.2. The Morgan fingerprint density at radius 2 is 2.00 bits per heavy atom. The first kappa shape index (κ1) is 16.1. The summed E-state index contributed by atoms with van der Waals surface area (Å²) in [6.07, 6.45) is -3.39. The number of allylic oxidation sites excluding steroid dienone is 1. The van der Waals surface area contributed by atoms with Crippen molar-refractivity contribution < 1.29 is 22.5 Å². The molecule has 0 aliphatic heterocycles. The van der Waals surface area contributed by atoms with E-state index < -0.39 is 21.7 Å². The summed E-state index contributed by atoms with van der Waals surface area (Å²) in [5.74, 6) is 0.331. The average molecular weight is 332 g/mol. The molecule has 0 atom stereocenters. The minimum atomic E-state index is -4.58. The van der Waals surface area contributed by atoms with E-state index in [0.717, 1.165) is 12.1 Å². The van der Waals surface area contributed by atoms with E-state index in [0.29, 0.717) is 0 Å². The SMILES string of the molecule is C/C(=C/c1ccc(-c2ccc(Cl)c(C(F)(F)F)c2)o1)[N+](=O)[O-]. The number of hydrogen-bond donors (Lipinski definition) is 0. The number of nitro groups is 1. The zero-order chi connectivity index (χ0) is 16.5. The quantitative estimate of drug-likeness (QED) is 0.569. The maximum Gasteiger partial charge on any atom is 0.417 e. The number of rotatable bonds is 3. The lowest BCUT2D eigenvalue weighted by molar-refractivity contribution is -0.422. The molecule has 2 rings (SSSR count). The predicted molar refractivity (Wildman–Crippen MR) is 74.8 cm³/mol. The molecule has 1 aromatic heterocycles. The van der Waals surface area contributed by atoms with Crippen molar-refractivity contribution in [3.63, 3.8) is 0 Å². The number of hydrogen-bond acceptors (Lipinski definition) is 3. The third kappa shape index (κ3) is 3.48. The van der Waals surface area contributed by atoms with E-state index >= 15 is 0 Å². The van der Waals surface area contributed by atoms with Crippen LogP contribution in [0.5, 0.6) is 0 Å². The van der Waals surface area contributed by atoms with Crippen LogP contribution in [0, 0.1) is 10.1 Å². The van der Waals surface area contributed by atoms with Crippen LogP contribution in [-0.2, 0) is 6.18 Å². The fourth-order valence-corrected chi connectivity index (χ4v) is 1.96. The summed E-state index contributed by atoms with van der Waals surface area (Å²) in [4.78, 5) is 9.94. The van der Waals surface area contributed by atoms with Crippen molar-refractivity contribution in [3.8, 4) is 11.3 Å². The van der Waals surface area contributed by atoms with Crippen LogP contribution in [0.15, 0.2) is 40.4 Å². The smallest absolute Gasteiger partial charge is 0.417 e. The molecular formula is C14H9ClF3NO3. The van der Waals surface area contributed by atoms with Crippen molar-refractivity contribution >= 4 is 17.7 Å². The lowest BCUT2D eigenvalue weighted by Crippen LogP contribution is -2.05. The molecule has 8 heteroatoms. The zero-order valence-electron chi connectivity index (χ0n) is 11.1. The molecular weight excluding hydrogens is 323 g/mol. The molecule has 2 aromatic rings. The standard InChI is InChI=1S/C14H9ClF3NO3/c1-8(19(20)21)6-10-3-5-13(22-10)9-2-4-12(15)11(7-9)14(16,17)18/h2-7H,1H3/b8-6-. The molecule has 0 aliphatic rings. The summed E-state index contributed by atoms with van der Waals surface area (Å²) < 4.78 is 43.7. The monoisotopic (exact) mass is 331 g/mol. The van der Waals surface area contributed by atoms with Crippen LogP contribution in [0.4, 0.5) is 13.2 Å². The van der Waals surface area contributed by atoms with Gasteiger partial charge in [-0.15, -0.1) is 0 Å². The molecule has 0 unspecified atom stereocenters. The van der Waals surface area contributed by atoms with E-state index in [2.05, 4.69) is 0 Å². The number of halogens is 4. The Bertz CT molecular complexity index is 750. The molecule has 1 heterocycles. The van der Waals surface area contributed by atoms with Crippen molar-refractivity contribution in [1.82, 2.24) is 0 Å². The van der Waals surface area contributed by atoms with Gasteiger partial charge in [0.1, 0.15) is 11.5 Å². The summed E-state index contributed by atoms with van der Waals surface area (Å²) in [5.41, 5.74) is -0.940. The van der Waals surface area contributed by atoms with E-state index in [1.807, 2.05) is 0 Å². The third-order valence-corrected chi connectivity index (χ3v) is 3.15. The minimum Gasteiger partial charge on any atom is -0.456 e. The van der Waals surface area contributed by atoms with Gasteiger partial charge in [0.05, 0.1) is 21.6 Å². The average Bonchev–Trinajstić information content (AvgIpc) is 2.86. The van der Waals surface area contributed by atoms with Crippen molar-refractivity contribution in [3.05, 3.63) is 62.5 Å². The van der Waals surface area contributed by atoms with Crippen molar-refractivity contribution in [1.29, 1.82) is 0 Å². The van der Waals surface area contributed by atoms with Crippen molar-refractivity contribution in [2.24, 2.45) is 0 Å². The highest BCUT2D eigenvalue weighted by Gasteiger charge is 2.33. The van der Waals surface area contributed by atoms with Crippen molar-refractivity contribution in [2.45, 2.75) is 13.1 Å². The van der Waals surface area contributed by atoms with Crippen LogP contribution in [-0.4, -0.2) is 4.92 Å². The molecule has 0 aliphatic carbocycles. The highest BCUT2D eigenvalue weighted by Crippen LogP contribution is 2.37. The van der Waals surface area contributed by atoms with E-state index in [-0.39, 0.29) is 22.8 Å². The molecule has 0 bridgehead atoms. The number of furan rings is 1. The van der Waals surface area contributed by atoms with Gasteiger partial charge in [-0.25, -0.2) is 0 Å². The molecule has 22 heavy (non-hydrogen) atoms. The molecule has 0 spiro atoms. The maximum absolute atomic E-state index is 12.8. The van der Waals surface area contributed by atoms with Gasteiger partial charge < -0.3 is 4.42 Å². The van der Waals surface area contributed by atoms with Gasteiger partial charge >= 0.3 is 6.18 Å². The van der Waals surface area contributed by atoms with Crippen LogP contribution >= 0.6 is 11.6 Å². The molecule has 4 nitrogen and oxygen atoms in total. The van der Waals surface area contributed by atoms with Crippen LogP contribution in [0.1, 0.15) is 18.2 Å². The summed E-state index contributed by atoms with van der Waals surface area (Å²) in [6, 6.07) is 6.24. The second-order valence-corrected chi connectivity index (χ2v) is 4.84. The van der Waals surface area contributed by atoms with Gasteiger partial charge in [0.2, 0.25) is 5.70 Å². The number of nitrogens with zero attached hydrogens (tertiary/aromatic N) is 1. The second-order valence-electron chi connectivity index (χ2n) is 4.44. The third-order valence-electron chi connectivity index (χ3n) is 2.82. The zero-order valence-corrected chi connectivity index (χ0v) is 11.9. The minimum absolute atomic E-state index is 0.145. The highest BCUT2D eigenvalue weighted by molar-refractivity contribution is 6.31. The topological polar surface area (TPSA) is 56.3 Å². The summed E-state index contributed by atoms with van der Waals surface area (Å²) in [7, 11) is 0. The first-order valence-electron chi connectivity index (χ1n) is 5.98. The molecule has 116 valence electrons. The Hall–Kier alpha value is -2.28. The molecule has 0 saturated carbocycles. The van der Waals surface area contributed by atoms with Crippen molar-refractivity contribution in [2.75, 3.05) is 0 Å². The van der Waals surface area contributed by atoms with E-state index in [1.165, 1.54) is 31.2 Å². The van der Waals surface area contributed by atoms with Gasteiger partial charge in [-0.1, -0.05) is 11.6 Å². The van der Waals surface area contributed by atoms with Gasteiger partial charge in [-0.05, 0) is 30.3 Å². The molecule has 0 N–H and O–H groups in total. The lowest BCUT2D eigenvalue weighted by Gasteiger charge is -2.09. The summed E-state index contributed by atoms with van der Waals surface area (Å²) >= 11 is 5.54. The molecule has 0 radical (unpaired) electrons. The Morgan fingerprint density at radius 1 is 1.32 bits per heavy atom. The fraction of sp³-hybridized carbons (Fsp3) is 0.143. The van der Waals surface area contributed by atoms with Crippen LogP contribution in [0.25, 0.3) is 17.4 Å². The molecule has 0 amide bonds. The molecule has 1 aromatic carbocycles. The second kappa shape index (κ2) is 5.84. The Morgan fingerprint density at radius 3 is 2.59 bits per heavy atom. The van der Waals surface area contributed by atoms with Crippen LogP contribution in [0.2, 0.25) is 5.02 Å². The Kier molecular flexibility index (Phi) is 4.27. The van der Waals surface area contributed by atoms with Gasteiger partial charge in [-0.2, -0.15) is 13.2 Å². The van der Waals surface area contributed by atoms with E-state index in [1.54, 1.807) is 0 Å². The Labute approximate surface area is 128 Å². The normalized spacial score (nSPS) is 12.5. The number of alkyl halides is 3. The fourth-order valence-electron chi connectivity index (χ4n) is 1.74.